The number of carbonyl (C=O) groups excluding carboxylic acids is 1. The molecule has 0 aliphatic carbocycles. The average molecular weight is 640 g/mol. The van der Waals surface area contributed by atoms with Gasteiger partial charge in [-0.1, -0.05) is 24.3 Å². The van der Waals surface area contributed by atoms with Gasteiger partial charge >= 0.3 is 0 Å². The van der Waals surface area contributed by atoms with Gasteiger partial charge in [-0.2, -0.15) is 8.61 Å². The summed E-state index contributed by atoms with van der Waals surface area (Å²) in [5, 5.41) is 9.32. The quantitative estimate of drug-likeness (QED) is 0.153. The van der Waals surface area contributed by atoms with E-state index in [-0.39, 0.29) is 23.1 Å². The second kappa shape index (κ2) is 12.2. The first-order valence-corrected chi connectivity index (χ1v) is 17.3. The zero-order valence-corrected chi connectivity index (χ0v) is 24.7. The summed E-state index contributed by atoms with van der Waals surface area (Å²) >= 11 is 2.37. The van der Waals surface area contributed by atoms with Gasteiger partial charge in [0.05, 0.1) is 16.8 Å². The Morgan fingerprint density at radius 2 is 1.83 bits per heavy atom. The second-order valence-electron chi connectivity index (χ2n) is 9.15. The van der Waals surface area contributed by atoms with Crippen LogP contribution in [0.25, 0.3) is 21.5 Å². The van der Waals surface area contributed by atoms with E-state index in [9.17, 15) is 31.2 Å². The summed E-state index contributed by atoms with van der Waals surface area (Å²) in [6.45, 7) is -0.866. The minimum Gasteiger partial charge on any atom is -0.289 e. The number of imidazole rings is 1. The molecular formula is C25H26FN5O6S4. The van der Waals surface area contributed by atoms with Crippen molar-refractivity contribution in [2.24, 2.45) is 0 Å². The van der Waals surface area contributed by atoms with Crippen molar-refractivity contribution in [3.63, 3.8) is 0 Å². The van der Waals surface area contributed by atoms with Crippen molar-refractivity contribution in [1.29, 1.82) is 0 Å². The molecule has 0 bridgehead atoms. The van der Waals surface area contributed by atoms with Crippen LogP contribution in [0.3, 0.4) is 0 Å². The first-order valence-electron chi connectivity index (χ1n) is 12.4. The molecule has 1 aliphatic heterocycles. The molecule has 3 heterocycles. The van der Waals surface area contributed by atoms with Gasteiger partial charge in [0.25, 0.3) is 15.9 Å². The number of para-hydroxylation sites is 2. The molecule has 41 heavy (non-hydrogen) atoms. The Morgan fingerprint density at radius 3 is 2.59 bits per heavy atom. The molecule has 16 heteroatoms. The number of aromatic nitrogens is 2. The van der Waals surface area contributed by atoms with Crippen LogP contribution in [-0.4, -0.2) is 82.7 Å². The van der Waals surface area contributed by atoms with Crippen LogP contribution in [0, 0.1) is 5.82 Å². The maximum absolute atomic E-state index is 13.5. The number of benzene rings is 2. The molecular weight excluding hydrogens is 614 g/mol. The smallest absolute Gasteiger partial charge is 0.263 e. The monoisotopic (exact) mass is 639 g/mol. The SMILES string of the molecule is O=C(NO)[C@H]1CN(S(=O)(=O)CCCSn2cnc3ccccc32)CCN1S(=O)(=O)c1ccc(-c2ccc(F)cc2)s1. The number of fused-ring (bicyclic) bond motifs is 1. The average Bonchev–Trinajstić information content (AvgIpc) is 3.63. The Labute approximate surface area is 244 Å². The number of amides is 1. The predicted octanol–water partition coefficient (Wildman–Crippen LogP) is 3.00. The third-order valence-corrected chi connectivity index (χ3v) is 13.0. The van der Waals surface area contributed by atoms with E-state index in [1.807, 2.05) is 28.2 Å². The topological polar surface area (TPSA) is 142 Å². The molecule has 0 unspecified atom stereocenters. The van der Waals surface area contributed by atoms with E-state index in [2.05, 4.69) is 4.98 Å². The highest BCUT2D eigenvalue weighted by Crippen LogP contribution is 2.34. The Balaban J connectivity index is 1.25. The van der Waals surface area contributed by atoms with E-state index < -0.39 is 44.4 Å². The van der Waals surface area contributed by atoms with Gasteiger partial charge in [-0.05, 0) is 60.3 Å². The minimum atomic E-state index is -4.22. The Hall–Kier alpha value is -2.86. The van der Waals surface area contributed by atoms with Gasteiger partial charge in [0.1, 0.15) is 22.4 Å². The van der Waals surface area contributed by atoms with E-state index in [0.717, 1.165) is 31.0 Å². The number of hydrogen-bond donors (Lipinski definition) is 2. The van der Waals surface area contributed by atoms with Crippen LogP contribution in [-0.2, 0) is 24.8 Å². The van der Waals surface area contributed by atoms with Gasteiger partial charge in [0.2, 0.25) is 10.0 Å². The molecule has 2 aromatic carbocycles. The number of piperazine rings is 1. The molecule has 2 aromatic heterocycles. The fourth-order valence-corrected chi connectivity index (χ4v) is 10.1. The predicted molar refractivity (Wildman–Crippen MR) is 155 cm³/mol. The Kier molecular flexibility index (Phi) is 8.79. The summed E-state index contributed by atoms with van der Waals surface area (Å²) in [5.74, 6) is -1.16. The number of rotatable bonds is 10. The molecule has 2 N–H and O–H groups in total. The highest BCUT2D eigenvalue weighted by atomic mass is 32.2. The first kappa shape index (κ1) is 29.6. The van der Waals surface area contributed by atoms with E-state index in [4.69, 9.17) is 0 Å². The van der Waals surface area contributed by atoms with Gasteiger partial charge in [-0.3, -0.25) is 14.0 Å². The van der Waals surface area contributed by atoms with Crippen LogP contribution >= 0.6 is 23.3 Å². The summed E-state index contributed by atoms with van der Waals surface area (Å²) in [7, 11) is -8.05. The van der Waals surface area contributed by atoms with Crippen LogP contribution in [0.5, 0.6) is 0 Å². The molecule has 218 valence electrons. The zero-order chi connectivity index (χ0) is 29.2. The third-order valence-electron chi connectivity index (χ3n) is 6.57. The van der Waals surface area contributed by atoms with Crippen LogP contribution in [0.4, 0.5) is 4.39 Å². The molecule has 1 aliphatic rings. The minimum absolute atomic E-state index is 0.0621. The standard InChI is InChI=1S/C25H26FN5O6S4/c26-19-8-6-18(7-9-19)23-10-11-24(39-23)41(36,37)31-13-12-29(16-22(31)25(32)28-33)40(34,35)15-3-14-38-30-17-27-20-4-1-2-5-21(20)30/h1-2,4-11,17,22,33H,3,12-16H2,(H,28,32)/t22-/m1/s1. The summed E-state index contributed by atoms with van der Waals surface area (Å²) in [5.41, 5.74) is 3.85. The van der Waals surface area contributed by atoms with E-state index in [1.54, 1.807) is 12.4 Å². The Morgan fingerprint density at radius 1 is 1.07 bits per heavy atom. The lowest BCUT2D eigenvalue weighted by atomic mass is 10.2. The summed E-state index contributed by atoms with van der Waals surface area (Å²) < 4.78 is 70.4. The third kappa shape index (κ3) is 6.33. The van der Waals surface area contributed by atoms with Crippen LogP contribution in [0.15, 0.2) is 71.2 Å². The molecule has 1 fully saturated rings. The number of hydroxylamine groups is 1. The lowest BCUT2D eigenvalue weighted by Crippen LogP contribution is -2.61. The van der Waals surface area contributed by atoms with Crippen LogP contribution in [0.1, 0.15) is 6.42 Å². The molecule has 4 aromatic rings. The Bertz CT molecular complexity index is 1760. The molecule has 1 atom stereocenters. The fraction of sp³-hybridized carbons (Fsp3) is 0.280. The maximum Gasteiger partial charge on any atom is 0.263 e. The van der Waals surface area contributed by atoms with Gasteiger partial charge in [0.15, 0.2) is 0 Å². The largest absolute Gasteiger partial charge is 0.289 e. The van der Waals surface area contributed by atoms with Crippen molar-refractivity contribution in [3.8, 4) is 10.4 Å². The van der Waals surface area contributed by atoms with Gasteiger partial charge in [-0.25, -0.2) is 31.7 Å². The number of sulfonamides is 2. The second-order valence-corrected chi connectivity index (χ2v) is 15.5. The van der Waals surface area contributed by atoms with E-state index >= 15 is 0 Å². The van der Waals surface area contributed by atoms with Crippen molar-refractivity contribution >= 4 is 60.3 Å². The van der Waals surface area contributed by atoms with Crippen molar-refractivity contribution in [2.75, 3.05) is 31.1 Å². The number of carbonyl (C=O) groups is 1. The summed E-state index contributed by atoms with van der Waals surface area (Å²) in [6, 6.07) is 14.7. The molecule has 5 rings (SSSR count). The number of nitrogens with zero attached hydrogens (tertiary/aromatic N) is 4. The van der Waals surface area contributed by atoms with Gasteiger partial charge in [-0.15, -0.1) is 11.3 Å². The molecule has 0 saturated carbocycles. The number of hydrogen-bond acceptors (Lipinski definition) is 9. The normalized spacial score (nSPS) is 17.2. The molecule has 1 amide bonds. The van der Waals surface area contributed by atoms with Crippen LogP contribution < -0.4 is 5.48 Å². The number of nitrogens with one attached hydrogen (secondary N) is 1. The van der Waals surface area contributed by atoms with Crippen LogP contribution in [0.2, 0.25) is 0 Å². The highest BCUT2D eigenvalue weighted by Gasteiger charge is 2.43. The summed E-state index contributed by atoms with van der Waals surface area (Å²) in [4.78, 5) is 17.4. The van der Waals surface area contributed by atoms with Gasteiger partial charge in [0, 0.05) is 30.3 Å². The molecule has 0 spiro atoms. The van der Waals surface area contributed by atoms with Crippen molar-refractivity contribution in [1.82, 2.24) is 23.0 Å². The fourth-order valence-electron chi connectivity index (χ4n) is 4.49. The molecule has 0 radical (unpaired) electrons. The van der Waals surface area contributed by atoms with E-state index in [1.165, 1.54) is 47.8 Å². The van der Waals surface area contributed by atoms with Crippen molar-refractivity contribution < 1.29 is 31.2 Å². The van der Waals surface area contributed by atoms with Crippen molar-refractivity contribution in [3.05, 3.63) is 72.8 Å². The lowest BCUT2D eigenvalue weighted by molar-refractivity contribution is -0.134. The number of halogens is 1. The van der Waals surface area contributed by atoms with Crippen molar-refractivity contribution in [2.45, 2.75) is 16.7 Å². The number of thiophene rings is 1. The summed E-state index contributed by atoms with van der Waals surface area (Å²) in [6.07, 6.45) is 1.99. The zero-order valence-electron chi connectivity index (χ0n) is 21.5. The molecule has 11 nitrogen and oxygen atoms in total. The highest BCUT2D eigenvalue weighted by molar-refractivity contribution is 7.98. The first-order chi connectivity index (χ1) is 19.6. The molecule has 1 saturated heterocycles. The van der Waals surface area contributed by atoms with E-state index in [0.29, 0.717) is 22.6 Å². The van der Waals surface area contributed by atoms with Gasteiger partial charge < -0.3 is 0 Å². The maximum atomic E-state index is 13.5. The lowest BCUT2D eigenvalue weighted by Gasteiger charge is -2.38.